The highest BCUT2D eigenvalue weighted by molar-refractivity contribution is 7.90. The molecule has 0 aliphatic heterocycles. The van der Waals surface area contributed by atoms with Crippen LogP contribution in [-0.4, -0.2) is 161 Å². The summed E-state index contributed by atoms with van der Waals surface area (Å²) in [5, 5.41) is 55.0. The van der Waals surface area contributed by atoms with Crippen molar-refractivity contribution in [3.8, 4) is 0 Å². The fourth-order valence-corrected chi connectivity index (χ4v) is 11.2. The lowest BCUT2D eigenvalue weighted by Crippen LogP contribution is -2.49. The lowest BCUT2D eigenvalue weighted by atomic mass is 9.92. The predicted molar refractivity (Wildman–Crippen MR) is 348 cm³/mol. The number of aliphatic hydroxyl groups excluding tert-OH is 2. The van der Waals surface area contributed by atoms with E-state index < -0.39 is 64.5 Å². The molecular formula is C66H93N11O14S. The van der Waals surface area contributed by atoms with Gasteiger partial charge in [-0.2, -0.15) is 0 Å². The van der Waals surface area contributed by atoms with Gasteiger partial charge in [0.1, 0.15) is 23.5 Å². The summed E-state index contributed by atoms with van der Waals surface area (Å²) in [5.74, 6) is -6.21. The molecule has 15 N–H and O–H groups in total. The molecule has 0 fully saturated rings. The number of nitrogen functional groups attached to an aromatic ring is 2. The topological polar surface area (TPSA) is 414 Å². The lowest BCUT2D eigenvalue weighted by Gasteiger charge is -2.22. The van der Waals surface area contributed by atoms with E-state index >= 15 is 0 Å². The molecule has 0 saturated heterocycles. The van der Waals surface area contributed by atoms with E-state index in [1.165, 1.54) is 0 Å². The molecule has 4 rings (SSSR count). The standard InChI is InChI=1S/C66H93N11O14S/c67-62(68)51-23-19-48(20-24-51)41-75-64(85)53(40-58(81)57(44-79)71-34-31-47-12-3-1-4-13-47)16-7-9-32-72-59(82)28-27-55(80)17-11-36-90-38-39-91-37-35-74-61(84)30-29-60(83)73-33-10-8-18-56(66(87)76-42-49-21-25-52(26-22-49)63(69)70)77-65(86)54(43-78)46-92(88,89)45-50-14-5-2-6-15-50/h1-6,12-15,19-26,53-54,56-57,71,78-79H,7-11,16-18,27-46H2,(H3,67,68)(H3,69,70)(H,72,82)(H,73,83)(H,74,84)(H,75,85)(H,76,87)(H,77,86)/t53-,54+,56+,57-/m1/s1. The number of amides is 6. The molecule has 25 nitrogen and oxygen atoms in total. The number of nitrogens with two attached hydrogens (primary N) is 2. The number of nitrogens with one attached hydrogen (secondary N) is 9. The molecule has 0 bridgehead atoms. The van der Waals surface area contributed by atoms with Crippen molar-refractivity contribution in [3.05, 3.63) is 143 Å². The molecule has 502 valence electrons. The molecule has 0 unspecified atom stereocenters. The third-order valence-electron chi connectivity index (χ3n) is 14.8. The fraction of sp³-hybridized carbons (Fsp3) is 0.485. The number of rotatable bonds is 49. The SMILES string of the molecule is N=C(N)c1ccc(CNC(=O)[C@H](CCCCNC(=O)CCC(=O)CCCOCCOCCNC(=O)CCC(=O)NCCCC[C@H](NC(=O)[C@@H](CO)CS(=O)(=O)Cc2ccccc2)C(=O)NCc2ccc(C(=N)N)cc2)CC(=O)[C@@H](CO)NCCc2ccccc2)cc1. The van der Waals surface area contributed by atoms with Gasteiger partial charge >= 0.3 is 0 Å². The first-order valence-electron chi connectivity index (χ1n) is 31.2. The van der Waals surface area contributed by atoms with Crippen molar-refractivity contribution in [3.63, 3.8) is 0 Å². The Morgan fingerprint density at radius 3 is 1.53 bits per heavy atom. The molecule has 0 aromatic heterocycles. The molecule has 6 amide bonds. The van der Waals surface area contributed by atoms with E-state index in [0.717, 1.165) is 11.1 Å². The second-order valence-electron chi connectivity index (χ2n) is 22.3. The smallest absolute Gasteiger partial charge is 0.242 e. The first-order valence-corrected chi connectivity index (χ1v) is 33.0. The van der Waals surface area contributed by atoms with Crippen LogP contribution in [0.25, 0.3) is 0 Å². The highest BCUT2D eigenvalue weighted by Crippen LogP contribution is 2.17. The predicted octanol–water partition coefficient (Wildman–Crippen LogP) is 2.30. The van der Waals surface area contributed by atoms with Crippen LogP contribution in [-0.2, 0) is 82.9 Å². The number of unbranched alkanes of at least 4 members (excludes halogenated alkanes) is 2. The Balaban J connectivity index is 1.03. The van der Waals surface area contributed by atoms with Gasteiger partial charge in [0, 0.05) is 94.9 Å². The Bertz CT molecular complexity index is 3070. The Hall–Kier alpha value is -8.27. The summed E-state index contributed by atoms with van der Waals surface area (Å²) in [6.07, 6.45) is 3.50. The number of Topliss-reactive ketones (excluding diaryl/α,β-unsaturated/α-hetero) is 2. The van der Waals surface area contributed by atoms with E-state index in [1.54, 1.807) is 78.9 Å². The van der Waals surface area contributed by atoms with Crippen LogP contribution in [0.3, 0.4) is 0 Å². The molecule has 0 aliphatic carbocycles. The number of hydrogen-bond acceptors (Lipinski definition) is 17. The van der Waals surface area contributed by atoms with Gasteiger partial charge in [0.05, 0.1) is 56.5 Å². The molecule has 0 spiro atoms. The summed E-state index contributed by atoms with van der Waals surface area (Å²) >= 11 is 0. The molecule has 0 saturated carbocycles. The van der Waals surface area contributed by atoms with E-state index in [0.29, 0.717) is 86.9 Å². The van der Waals surface area contributed by atoms with Crippen molar-refractivity contribution < 1.29 is 66.5 Å². The maximum absolute atomic E-state index is 13.5. The molecule has 4 aromatic rings. The number of hydrogen-bond donors (Lipinski definition) is 13. The van der Waals surface area contributed by atoms with Gasteiger partial charge in [-0.15, -0.1) is 0 Å². The zero-order valence-electron chi connectivity index (χ0n) is 52.4. The largest absolute Gasteiger partial charge is 0.396 e. The van der Waals surface area contributed by atoms with Gasteiger partial charge in [0.2, 0.25) is 35.4 Å². The maximum Gasteiger partial charge on any atom is 0.242 e. The van der Waals surface area contributed by atoms with Gasteiger partial charge < -0.3 is 68.4 Å². The van der Waals surface area contributed by atoms with E-state index in [-0.39, 0.29) is 144 Å². The van der Waals surface area contributed by atoms with Crippen molar-refractivity contribution in [1.29, 1.82) is 10.8 Å². The minimum absolute atomic E-state index is 0.0235. The van der Waals surface area contributed by atoms with Crippen molar-refractivity contribution in [2.75, 3.05) is 71.6 Å². The summed E-state index contributed by atoms with van der Waals surface area (Å²) in [7, 11) is -3.83. The Morgan fingerprint density at radius 2 is 0.989 bits per heavy atom. The first kappa shape index (κ1) is 76.2. The molecule has 26 heteroatoms. The van der Waals surface area contributed by atoms with Crippen LogP contribution in [0.5, 0.6) is 0 Å². The van der Waals surface area contributed by atoms with E-state index in [2.05, 4.69) is 37.2 Å². The zero-order chi connectivity index (χ0) is 66.9. The third-order valence-corrected chi connectivity index (χ3v) is 16.5. The highest BCUT2D eigenvalue weighted by atomic mass is 32.2. The summed E-state index contributed by atoms with van der Waals surface area (Å²) in [6.45, 7) is 1.29. The van der Waals surface area contributed by atoms with E-state index in [1.807, 2.05) is 30.3 Å². The number of aliphatic hydroxyl groups is 2. The van der Waals surface area contributed by atoms with Crippen molar-refractivity contribution in [2.45, 2.75) is 121 Å². The van der Waals surface area contributed by atoms with Gasteiger partial charge in [-0.25, -0.2) is 8.42 Å². The fourth-order valence-electron chi connectivity index (χ4n) is 9.51. The molecule has 0 radical (unpaired) electrons. The van der Waals surface area contributed by atoms with Crippen LogP contribution in [0.1, 0.15) is 117 Å². The van der Waals surface area contributed by atoms with Gasteiger partial charge in [-0.3, -0.25) is 49.2 Å². The van der Waals surface area contributed by atoms with Crippen LogP contribution in [0.4, 0.5) is 0 Å². The van der Waals surface area contributed by atoms with Crippen molar-refractivity contribution >= 4 is 68.5 Å². The molecule has 0 heterocycles. The van der Waals surface area contributed by atoms with Crippen LogP contribution in [0.2, 0.25) is 0 Å². The zero-order valence-corrected chi connectivity index (χ0v) is 53.2. The molecule has 92 heavy (non-hydrogen) atoms. The third kappa shape index (κ3) is 32.1. The molecular weight excluding hydrogens is 1200 g/mol. The Kier molecular flexibility index (Phi) is 36.0. The average molecular weight is 1300 g/mol. The van der Waals surface area contributed by atoms with Crippen molar-refractivity contribution in [1.82, 2.24) is 37.2 Å². The second kappa shape index (κ2) is 43.5. The first-order chi connectivity index (χ1) is 44.2. The summed E-state index contributed by atoms with van der Waals surface area (Å²) in [5.41, 5.74) is 15.3. The van der Waals surface area contributed by atoms with Gasteiger partial charge in [0.25, 0.3) is 0 Å². The number of ketones is 2. The number of carbonyl (C=O) groups is 8. The van der Waals surface area contributed by atoms with Gasteiger partial charge in [-0.1, -0.05) is 116 Å². The summed E-state index contributed by atoms with van der Waals surface area (Å²) in [4.78, 5) is 104. The van der Waals surface area contributed by atoms with E-state index in [9.17, 15) is 57.0 Å². The number of ether oxygens (including phenoxy) is 2. The normalized spacial score (nSPS) is 12.5. The van der Waals surface area contributed by atoms with Gasteiger partial charge in [0.15, 0.2) is 15.6 Å². The minimum atomic E-state index is -3.83. The highest BCUT2D eigenvalue weighted by Gasteiger charge is 2.30. The molecule has 4 atom stereocenters. The maximum atomic E-state index is 13.5. The van der Waals surface area contributed by atoms with Crippen LogP contribution >= 0.6 is 0 Å². The van der Waals surface area contributed by atoms with Crippen LogP contribution < -0.4 is 48.7 Å². The number of sulfone groups is 1. The quantitative estimate of drug-likeness (QED) is 0.0171. The average Bonchev–Trinajstić information content (AvgIpc) is 1.29. The second-order valence-corrected chi connectivity index (χ2v) is 24.4. The number of benzene rings is 4. The number of amidine groups is 2. The Labute approximate surface area is 539 Å². The van der Waals surface area contributed by atoms with Crippen molar-refractivity contribution in [2.24, 2.45) is 23.3 Å². The number of carbonyl (C=O) groups excluding carboxylic acids is 8. The molecule has 0 aliphatic rings. The lowest BCUT2D eigenvalue weighted by molar-refractivity contribution is -0.131. The summed E-state index contributed by atoms with van der Waals surface area (Å²) in [6, 6.07) is 29.7. The van der Waals surface area contributed by atoms with Crippen LogP contribution in [0.15, 0.2) is 109 Å². The monoisotopic (exact) mass is 1300 g/mol. The van der Waals surface area contributed by atoms with E-state index in [4.69, 9.17) is 31.8 Å². The molecule has 4 aromatic carbocycles. The summed E-state index contributed by atoms with van der Waals surface area (Å²) < 4.78 is 37.0. The Morgan fingerprint density at radius 1 is 0.478 bits per heavy atom. The minimum Gasteiger partial charge on any atom is -0.396 e. The van der Waals surface area contributed by atoms with Crippen LogP contribution in [0, 0.1) is 22.7 Å². The van der Waals surface area contributed by atoms with Gasteiger partial charge in [-0.05, 0) is 73.7 Å².